The molecule has 0 amide bonds. The van der Waals surface area contributed by atoms with E-state index in [1.54, 1.807) is 0 Å². The van der Waals surface area contributed by atoms with Gasteiger partial charge >= 0.3 is 0 Å². The Hall–Kier alpha value is -0.550. The molecule has 5 heteroatoms. The Labute approximate surface area is 87.7 Å². The van der Waals surface area contributed by atoms with Crippen molar-refractivity contribution in [1.82, 2.24) is 0 Å². The zero-order valence-corrected chi connectivity index (χ0v) is 8.69. The molecule has 1 rings (SSSR count). The molecule has 1 aromatic rings. The summed E-state index contributed by atoms with van der Waals surface area (Å²) in [5.41, 5.74) is -0.694. The van der Waals surface area contributed by atoms with Crippen molar-refractivity contribution in [2.75, 3.05) is 6.61 Å². The Morgan fingerprint density at radius 2 is 2.00 bits per heavy atom. The summed E-state index contributed by atoms with van der Waals surface area (Å²) in [6, 6.07) is 3.68. The SMILES string of the molecule is OCCC(F)(F)c1cccc(Br)c1F. The van der Waals surface area contributed by atoms with Gasteiger partial charge in [-0.15, -0.1) is 0 Å². The molecular weight excluding hydrogens is 261 g/mol. The molecule has 78 valence electrons. The van der Waals surface area contributed by atoms with Crippen molar-refractivity contribution >= 4 is 15.9 Å². The van der Waals surface area contributed by atoms with Crippen molar-refractivity contribution in [3.63, 3.8) is 0 Å². The number of aliphatic hydroxyl groups is 1. The molecule has 0 spiro atoms. The second-order valence-corrected chi connectivity index (χ2v) is 3.63. The minimum absolute atomic E-state index is 0.00684. The summed E-state index contributed by atoms with van der Waals surface area (Å²) < 4.78 is 39.6. The molecule has 0 saturated carbocycles. The number of rotatable bonds is 3. The largest absolute Gasteiger partial charge is 0.396 e. The number of aliphatic hydroxyl groups excluding tert-OH is 1. The van der Waals surface area contributed by atoms with E-state index < -0.39 is 30.3 Å². The van der Waals surface area contributed by atoms with Crippen LogP contribution in [0.1, 0.15) is 12.0 Å². The molecule has 0 aliphatic rings. The predicted octanol–water partition coefficient (Wildman–Crippen LogP) is 3.06. The molecule has 0 fully saturated rings. The molecular formula is C9H8BrF3O. The van der Waals surface area contributed by atoms with Crippen LogP contribution in [0.5, 0.6) is 0 Å². The fraction of sp³-hybridized carbons (Fsp3) is 0.333. The summed E-state index contributed by atoms with van der Waals surface area (Å²) in [5.74, 6) is -4.31. The van der Waals surface area contributed by atoms with Crippen molar-refractivity contribution < 1.29 is 18.3 Å². The monoisotopic (exact) mass is 268 g/mol. The third kappa shape index (κ3) is 2.27. The molecule has 1 aromatic carbocycles. The van der Waals surface area contributed by atoms with E-state index in [4.69, 9.17) is 5.11 Å². The van der Waals surface area contributed by atoms with Gasteiger partial charge in [-0.25, -0.2) is 13.2 Å². The molecule has 1 N–H and O–H groups in total. The third-order valence-electron chi connectivity index (χ3n) is 1.77. The van der Waals surface area contributed by atoms with Crippen LogP contribution in [0, 0.1) is 5.82 Å². The molecule has 1 nitrogen and oxygen atoms in total. The van der Waals surface area contributed by atoms with Crippen molar-refractivity contribution in [1.29, 1.82) is 0 Å². The number of hydrogen-bond donors (Lipinski definition) is 1. The van der Waals surface area contributed by atoms with Gasteiger partial charge in [0.1, 0.15) is 5.82 Å². The van der Waals surface area contributed by atoms with Crippen LogP contribution in [-0.4, -0.2) is 11.7 Å². The summed E-state index contributed by atoms with van der Waals surface area (Å²) in [6.45, 7) is -0.682. The number of benzene rings is 1. The fourth-order valence-corrected chi connectivity index (χ4v) is 1.43. The maximum Gasteiger partial charge on any atom is 0.278 e. The highest BCUT2D eigenvalue weighted by atomic mass is 79.9. The molecule has 0 heterocycles. The predicted molar refractivity (Wildman–Crippen MR) is 49.7 cm³/mol. The van der Waals surface area contributed by atoms with Crippen molar-refractivity contribution in [2.24, 2.45) is 0 Å². The van der Waals surface area contributed by atoms with E-state index in [0.717, 1.165) is 6.07 Å². The van der Waals surface area contributed by atoms with Gasteiger partial charge in [0.15, 0.2) is 0 Å². The van der Waals surface area contributed by atoms with Gasteiger partial charge in [-0.05, 0) is 22.0 Å². The van der Waals surface area contributed by atoms with Crippen LogP contribution >= 0.6 is 15.9 Å². The first-order valence-corrected chi connectivity index (χ1v) is 4.71. The van der Waals surface area contributed by atoms with Gasteiger partial charge < -0.3 is 5.11 Å². The Balaban J connectivity index is 3.12. The summed E-state index contributed by atoms with van der Waals surface area (Å²) in [4.78, 5) is 0. The van der Waals surface area contributed by atoms with Crippen LogP contribution < -0.4 is 0 Å². The van der Waals surface area contributed by atoms with Gasteiger partial charge in [0.2, 0.25) is 0 Å². The van der Waals surface area contributed by atoms with Crippen LogP contribution in [0.4, 0.5) is 13.2 Å². The number of halogens is 4. The van der Waals surface area contributed by atoms with Crippen molar-refractivity contribution in [2.45, 2.75) is 12.3 Å². The molecule has 0 unspecified atom stereocenters. The standard InChI is InChI=1S/C9H8BrF3O/c10-7-3-1-2-6(8(7)11)9(12,13)4-5-14/h1-3,14H,4-5H2. The zero-order valence-electron chi connectivity index (χ0n) is 7.11. The summed E-state index contributed by atoms with van der Waals surface area (Å²) in [5, 5.41) is 8.41. The van der Waals surface area contributed by atoms with Gasteiger partial charge in [-0.2, -0.15) is 0 Å². The van der Waals surface area contributed by atoms with E-state index in [0.29, 0.717) is 0 Å². The Kier molecular flexibility index (Phi) is 3.55. The number of hydrogen-bond acceptors (Lipinski definition) is 1. The van der Waals surface area contributed by atoms with E-state index in [2.05, 4.69) is 15.9 Å². The molecule has 0 radical (unpaired) electrons. The summed E-state index contributed by atoms with van der Waals surface area (Å²) in [7, 11) is 0. The molecule has 14 heavy (non-hydrogen) atoms. The lowest BCUT2D eigenvalue weighted by Gasteiger charge is -2.16. The van der Waals surface area contributed by atoms with Crippen LogP contribution in [0.3, 0.4) is 0 Å². The Bertz CT molecular complexity index is 328. The first kappa shape index (κ1) is 11.5. The molecule has 0 aliphatic heterocycles. The van der Waals surface area contributed by atoms with E-state index in [9.17, 15) is 13.2 Å². The minimum Gasteiger partial charge on any atom is -0.396 e. The Morgan fingerprint density at radius 1 is 1.36 bits per heavy atom. The van der Waals surface area contributed by atoms with Gasteiger partial charge in [0.05, 0.1) is 10.0 Å². The fourth-order valence-electron chi connectivity index (χ4n) is 1.06. The van der Waals surface area contributed by atoms with E-state index in [1.807, 2.05) is 0 Å². The topological polar surface area (TPSA) is 20.2 Å². The van der Waals surface area contributed by atoms with Crippen molar-refractivity contribution in [3.05, 3.63) is 34.1 Å². The smallest absolute Gasteiger partial charge is 0.278 e. The third-order valence-corrected chi connectivity index (χ3v) is 2.38. The van der Waals surface area contributed by atoms with Gasteiger partial charge in [0.25, 0.3) is 5.92 Å². The molecule has 0 aromatic heterocycles. The van der Waals surface area contributed by atoms with Crippen LogP contribution in [0.15, 0.2) is 22.7 Å². The Morgan fingerprint density at radius 3 is 2.57 bits per heavy atom. The van der Waals surface area contributed by atoms with Gasteiger partial charge in [-0.1, -0.05) is 12.1 Å². The highest BCUT2D eigenvalue weighted by molar-refractivity contribution is 9.10. The summed E-state index contributed by atoms with van der Waals surface area (Å²) in [6.07, 6.45) is -0.777. The first-order chi connectivity index (χ1) is 6.49. The zero-order chi connectivity index (χ0) is 10.8. The van der Waals surface area contributed by atoms with Gasteiger partial charge in [-0.3, -0.25) is 0 Å². The highest BCUT2D eigenvalue weighted by Crippen LogP contribution is 2.35. The lowest BCUT2D eigenvalue weighted by Crippen LogP contribution is -2.17. The normalized spacial score (nSPS) is 11.8. The minimum atomic E-state index is -3.33. The lowest BCUT2D eigenvalue weighted by atomic mass is 10.1. The average Bonchev–Trinajstić information content (AvgIpc) is 2.09. The quantitative estimate of drug-likeness (QED) is 0.894. The second kappa shape index (κ2) is 4.31. The van der Waals surface area contributed by atoms with Crippen LogP contribution in [0.2, 0.25) is 0 Å². The maximum absolute atomic E-state index is 13.2. The first-order valence-electron chi connectivity index (χ1n) is 3.92. The summed E-state index contributed by atoms with van der Waals surface area (Å²) >= 11 is 2.82. The van der Waals surface area contributed by atoms with Crippen LogP contribution in [-0.2, 0) is 5.92 Å². The molecule has 0 aliphatic carbocycles. The highest BCUT2D eigenvalue weighted by Gasteiger charge is 2.34. The van der Waals surface area contributed by atoms with E-state index in [1.165, 1.54) is 12.1 Å². The molecule has 0 bridgehead atoms. The molecule has 0 atom stereocenters. The van der Waals surface area contributed by atoms with Crippen molar-refractivity contribution in [3.8, 4) is 0 Å². The van der Waals surface area contributed by atoms with E-state index >= 15 is 0 Å². The van der Waals surface area contributed by atoms with Gasteiger partial charge in [0, 0.05) is 13.0 Å². The lowest BCUT2D eigenvalue weighted by molar-refractivity contribution is -0.0300. The van der Waals surface area contributed by atoms with Crippen LogP contribution in [0.25, 0.3) is 0 Å². The number of alkyl halides is 2. The second-order valence-electron chi connectivity index (χ2n) is 2.78. The maximum atomic E-state index is 13.2. The molecule has 0 saturated heterocycles. The average molecular weight is 269 g/mol. The van der Waals surface area contributed by atoms with E-state index in [-0.39, 0.29) is 4.47 Å².